The van der Waals surface area contributed by atoms with E-state index in [9.17, 15) is 0 Å². The van der Waals surface area contributed by atoms with E-state index in [-0.39, 0.29) is 0 Å². The van der Waals surface area contributed by atoms with Crippen molar-refractivity contribution in [2.24, 2.45) is 11.1 Å². The Hall–Kier alpha value is -0.340. The van der Waals surface area contributed by atoms with Gasteiger partial charge in [-0.3, -0.25) is 0 Å². The van der Waals surface area contributed by atoms with Gasteiger partial charge in [0.25, 0.3) is 0 Å². The minimum Gasteiger partial charge on any atom is -0.330 e. The first-order chi connectivity index (χ1) is 6.49. The quantitative estimate of drug-likeness (QED) is 0.636. The summed E-state index contributed by atoms with van der Waals surface area (Å²) < 4.78 is 0. The van der Waals surface area contributed by atoms with Crippen LogP contribution in [0.4, 0.5) is 0 Å². The first kappa shape index (κ1) is 13.7. The van der Waals surface area contributed by atoms with Gasteiger partial charge in [-0.05, 0) is 38.8 Å². The molecule has 0 aliphatic carbocycles. The highest BCUT2D eigenvalue weighted by Gasteiger charge is 2.25. The van der Waals surface area contributed by atoms with Crippen molar-refractivity contribution in [3.05, 3.63) is 12.2 Å². The van der Waals surface area contributed by atoms with Crippen molar-refractivity contribution in [2.45, 2.75) is 33.6 Å². The molecule has 0 aliphatic rings. The van der Waals surface area contributed by atoms with Crippen LogP contribution >= 0.6 is 0 Å². The minimum absolute atomic E-state index is 0.296. The van der Waals surface area contributed by atoms with Crippen LogP contribution < -0.4 is 5.73 Å². The molecule has 0 aromatic rings. The monoisotopic (exact) mass is 198 g/mol. The first-order valence-electron chi connectivity index (χ1n) is 5.52. The number of hydrogen-bond donors (Lipinski definition) is 1. The summed E-state index contributed by atoms with van der Waals surface area (Å²) in [6.07, 6.45) is 2.31. The molecule has 0 aromatic heterocycles. The molecule has 0 radical (unpaired) electrons. The Morgan fingerprint density at radius 1 is 1.36 bits per heavy atom. The summed E-state index contributed by atoms with van der Waals surface area (Å²) in [5.41, 5.74) is 7.37. The summed E-state index contributed by atoms with van der Waals surface area (Å²) >= 11 is 0. The van der Waals surface area contributed by atoms with E-state index in [2.05, 4.69) is 39.3 Å². The van der Waals surface area contributed by atoms with E-state index in [1.54, 1.807) is 0 Å². The fourth-order valence-electron chi connectivity index (χ4n) is 1.92. The molecule has 2 nitrogen and oxygen atoms in total. The lowest BCUT2D eigenvalue weighted by molar-refractivity contribution is 0.175. The molecule has 0 unspecified atom stereocenters. The summed E-state index contributed by atoms with van der Waals surface area (Å²) in [5, 5.41) is 0. The maximum Gasteiger partial charge on any atom is 0.0184 e. The van der Waals surface area contributed by atoms with Gasteiger partial charge >= 0.3 is 0 Å². The molecule has 0 rings (SSSR count). The van der Waals surface area contributed by atoms with E-state index in [4.69, 9.17) is 5.73 Å². The minimum atomic E-state index is 0.296. The highest BCUT2D eigenvalue weighted by atomic mass is 15.1. The summed E-state index contributed by atoms with van der Waals surface area (Å²) in [5.74, 6) is 0. The summed E-state index contributed by atoms with van der Waals surface area (Å²) in [4.78, 5) is 2.32. The molecule has 0 bridgehead atoms. The van der Waals surface area contributed by atoms with Crippen LogP contribution in [-0.4, -0.2) is 31.6 Å². The molecule has 0 atom stereocenters. The van der Waals surface area contributed by atoms with Gasteiger partial charge in [0.15, 0.2) is 0 Å². The fourth-order valence-corrected chi connectivity index (χ4v) is 1.92. The first-order valence-corrected chi connectivity index (χ1v) is 5.52. The van der Waals surface area contributed by atoms with Crippen LogP contribution in [0.25, 0.3) is 0 Å². The lowest BCUT2D eigenvalue weighted by Crippen LogP contribution is -2.40. The Morgan fingerprint density at radius 2 is 1.86 bits per heavy atom. The molecule has 84 valence electrons. The van der Waals surface area contributed by atoms with Gasteiger partial charge in [0.2, 0.25) is 0 Å². The highest BCUT2D eigenvalue weighted by Crippen LogP contribution is 2.25. The molecule has 2 heteroatoms. The van der Waals surface area contributed by atoms with Crippen molar-refractivity contribution in [1.29, 1.82) is 0 Å². The predicted molar refractivity (Wildman–Crippen MR) is 64.4 cm³/mol. The smallest absolute Gasteiger partial charge is 0.0184 e. The Bertz CT molecular complexity index is 163. The molecule has 14 heavy (non-hydrogen) atoms. The lowest BCUT2D eigenvalue weighted by atomic mass is 9.82. The molecule has 0 aliphatic heterocycles. The molecular weight excluding hydrogens is 172 g/mol. The third-order valence-electron chi connectivity index (χ3n) is 3.08. The second-order valence-electron chi connectivity index (χ2n) is 4.54. The van der Waals surface area contributed by atoms with Crippen molar-refractivity contribution in [3.63, 3.8) is 0 Å². The van der Waals surface area contributed by atoms with Gasteiger partial charge in [0.1, 0.15) is 0 Å². The topological polar surface area (TPSA) is 29.3 Å². The Labute approximate surface area is 89.2 Å². The van der Waals surface area contributed by atoms with Crippen molar-refractivity contribution in [3.8, 4) is 0 Å². The van der Waals surface area contributed by atoms with Crippen LogP contribution in [0.2, 0.25) is 0 Å². The van der Waals surface area contributed by atoms with Crippen LogP contribution in [0.3, 0.4) is 0 Å². The van der Waals surface area contributed by atoms with E-state index < -0.39 is 0 Å². The normalized spacial score (nSPS) is 12.1. The van der Waals surface area contributed by atoms with Gasteiger partial charge in [0.05, 0.1) is 0 Å². The molecule has 0 aromatic carbocycles. The zero-order chi connectivity index (χ0) is 11.2. The van der Waals surface area contributed by atoms with Gasteiger partial charge in [-0.15, -0.1) is 0 Å². The number of likely N-dealkylation sites (N-methyl/N-ethyl adjacent to an activating group) is 1. The van der Waals surface area contributed by atoms with Crippen molar-refractivity contribution >= 4 is 0 Å². The largest absolute Gasteiger partial charge is 0.330 e. The van der Waals surface area contributed by atoms with Crippen LogP contribution in [0.1, 0.15) is 33.6 Å². The van der Waals surface area contributed by atoms with Gasteiger partial charge in [-0.25, -0.2) is 0 Å². The average Bonchev–Trinajstić information content (AvgIpc) is 2.13. The SMILES string of the molecule is C=C(C)CN(C)CC(CC)(CC)CN. The maximum absolute atomic E-state index is 5.86. The summed E-state index contributed by atoms with van der Waals surface area (Å²) in [6.45, 7) is 13.3. The zero-order valence-electron chi connectivity index (χ0n) is 10.3. The second-order valence-corrected chi connectivity index (χ2v) is 4.54. The van der Waals surface area contributed by atoms with E-state index in [1.165, 1.54) is 5.57 Å². The molecular formula is C12H26N2. The molecule has 0 saturated carbocycles. The third kappa shape index (κ3) is 4.25. The van der Waals surface area contributed by atoms with Crippen molar-refractivity contribution in [1.82, 2.24) is 4.90 Å². The lowest BCUT2D eigenvalue weighted by Gasteiger charge is -2.34. The van der Waals surface area contributed by atoms with Gasteiger partial charge in [-0.1, -0.05) is 26.0 Å². The van der Waals surface area contributed by atoms with Gasteiger partial charge < -0.3 is 10.6 Å². The highest BCUT2D eigenvalue weighted by molar-refractivity contribution is 4.92. The number of rotatable bonds is 7. The van der Waals surface area contributed by atoms with Crippen LogP contribution in [0, 0.1) is 5.41 Å². The van der Waals surface area contributed by atoms with E-state index in [1.807, 2.05) is 0 Å². The van der Waals surface area contributed by atoms with Gasteiger partial charge in [-0.2, -0.15) is 0 Å². The maximum atomic E-state index is 5.86. The molecule has 0 spiro atoms. The van der Waals surface area contributed by atoms with Crippen molar-refractivity contribution < 1.29 is 0 Å². The second kappa shape index (κ2) is 6.20. The molecule has 0 fully saturated rings. The Balaban J connectivity index is 4.21. The molecule has 0 amide bonds. The molecule has 0 saturated heterocycles. The van der Waals surface area contributed by atoms with Crippen LogP contribution in [0.5, 0.6) is 0 Å². The Kier molecular flexibility index (Phi) is 6.05. The number of nitrogens with two attached hydrogens (primary N) is 1. The average molecular weight is 198 g/mol. The zero-order valence-corrected chi connectivity index (χ0v) is 10.3. The number of nitrogens with zero attached hydrogens (tertiary/aromatic N) is 1. The van der Waals surface area contributed by atoms with Gasteiger partial charge in [0, 0.05) is 13.1 Å². The third-order valence-corrected chi connectivity index (χ3v) is 3.08. The van der Waals surface area contributed by atoms with Crippen LogP contribution in [0.15, 0.2) is 12.2 Å². The summed E-state index contributed by atoms with van der Waals surface area (Å²) in [7, 11) is 2.14. The van der Waals surface area contributed by atoms with E-state index in [0.717, 1.165) is 32.5 Å². The summed E-state index contributed by atoms with van der Waals surface area (Å²) in [6, 6.07) is 0. The molecule has 2 N–H and O–H groups in total. The van der Waals surface area contributed by atoms with E-state index >= 15 is 0 Å². The number of hydrogen-bond acceptors (Lipinski definition) is 2. The van der Waals surface area contributed by atoms with Crippen molar-refractivity contribution in [2.75, 3.05) is 26.7 Å². The Morgan fingerprint density at radius 3 is 2.14 bits per heavy atom. The van der Waals surface area contributed by atoms with E-state index in [0.29, 0.717) is 5.41 Å². The fraction of sp³-hybridized carbons (Fsp3) is 0.833. The molecule has 0 heterocycles. The standard InChI is InChI=1S/C12H26N2/c1-6-12(7-2,9-13)10-14(5)8-11(3)4/h3,6-10,13H2,1-2,4-5H3. The van der Waals surface area contributed by atoms with Crippen LogP contribution in [-0.2, 0) is 0 Å². The predicted octanol–water partition coefficient (Wildman–Crippen LogP) is 2.26.